The molecule has 3 rings (SSSR count). The van der Waals surface area contributed by atoms with Crippen LogP contribution in [0, 0.1) is 11.3 Å². The minimum atomic E-state index is -1.42. The number of nitrogens with one attached hydrogen (secondary N) is 2. The lowest BCUT2D eigenvalue weighted by atomic mass is 9.72. The molecule has 6 nitrogen and oxygen atoms in total. The van der Waals surface area contributed by atoms with E-state index in [1.807, 2.05) is 42.5 Å². The van der Waals surface area contributed by atoms with Gasteiger partial charge in [-0.25, -0.2) is 0 Å². The predicted molar refractivity (Wildman–Crippen MR) is 164 cm³/mol. The molecule has 0 aromatic heterocycles. The monoisotopic (exact) mass is 590 g/mol. The Bertz CT molecular complexity index is 1120. The molecule has 1 fully saturated rings. The highest BCUT2D eigenvalue weighted by Crippen LogP contribution is 2.43. The van der Waals surface area contributed by atoms with Crippen LogP contribution in [-0.4, -0.2) is 44.6 Å². The summed E-state index contributed by atoms with van der Waals surface area (Å²) < 4.78 is 13.1. The molecule has 3 atom stereocenters. The van der Waals surface area contributed by atoms with Crippen molar-refractivity contribution >= 4 is 43.5 Å². The highest BCUT2D eigenvalue weighted by molar-refractivity contribution is 8.15. The molecule has 214 valence electrons. The Labute approximate surface area is 244 Å². The molecule has 2 aromatic carbocycles. The summed E-state index contributed by atoms with van der Waals surface area (Å²) in [5.74, 6) is 1.04. The first-order valence-corrected chi connectivity index (χ1v) is 17.7. The number of ether oxygens (including phenoxy) is 1. The zero-order valence-corrected chi connectivity index (χ0v) is 26.9. The Morgan fingerprint density at radius 2 is 1.79 bits per heavy atom. The van der Waals surface area contributed by atoms with Crippen LogP contribution in [0.25, 0.3) is 0 Å². The van der Waals surface area contributed by atoms with Crippen molar-refractivity contribution in [2.75, 3.05) is 13.2 Å². The van der Waals surface area contributed by atoms with Crippen molar-refractivity contribution in [1.29, 1.82) is 0 Å². The summed E-state index contributed by atoms with van der Waals surface area (Å²) in [4.78, 5) is 23.3. The van der Waals surface area contributed by atoms with E-state index in [4.69, 9.17) is 20.8 Å². The standard InChI is InChI=1S/C30H43ClN2O4SSi/c1-20(2)15-24(18-36-25-13-11-21(12-14-25)16-26-27(34)33-28(35)38-26)32-19-30(29(3,4)5,37-39(6)7)22-9-8-10-23(31)17-22/h8-14,17,20,24,26,32,39H,15-16,18-19H2,1-7H3,(H,33,34,35)/t24-,26?,30+/m1/s1. The lowest BCUT2D eigenvalue weighted by molar-refractivity contribution is -0.118. The zero-order chi connectivity index (χ0) is 28.8. The third kappa shape index (κ3) is 8.82. The van der Waals surface area contributed by atoms with E-state index in [-0.39, 0.29) is 27.9 Å². The fraction of sp³-hybridized carbons (Fsp3) is 0.533. The molecule has 1 aliphatic heterocycles. The number of halogens is 1. The van der Waals surface area contributed by atoms with E-state index in [0.29, 0.717) is 30.5 Å². The fourth-order valence-corrected chi connectivity index (χ4v) is 7.38. The lowest BCUT2D eigenvalue weighted by Gasteiger charge is -2.47. The molecular formula is C30H43ClN2O4SSi. The van der Waals surface area contributed by atoms with Gasteiger partial charge < -0.3 is 14.5 Å². The number of benzene rings is 2. The summed E-state index contributed by atoms with van der Waals surface area (Å²) in [6.07, 6.45) is 1.46. The molecule has 1 heterocycles. The molecule has 9 heteroatoms. The quantitative estimate of drug-likeness (QED) is 0.257. The largest absolute Gasteiger partial charge is 0.492 e. The van der Waals surface area contributed by atoms with Gasteiger partial charge in [-0.1, -0.05) is 82.2 Å². The van der Waals surface area contributed by atoms with Crippen LogP contribution in [0.4, 0.5) is 4.79 Å². The molecular weight excluding hydrogens is 548 g/mol. The van der Waals surface area contributed by atoms with Crippen LogP contribution in [0.2, 0.25) is 18.1 Å². The first kappa shape index (κ1) is 31.7. The molecule has 0 saturated carbocycles. The van der Waals surface area contributed by atoms with E-state index < -0.39 is 14.6 Å². The maximum absolute atomic E-state index is 11.9. The van der Waals surface area contributed by atoms with Gasteiger partial charge in [-0.3, -0.25) is 14.9 Å². The Morgan fingerprint density at radius 3 is 2.33 bits per heavy atom. The second-order valence-electron chi connectivity index (χ2n) is 12.0. The van der Waals surface area contributed by atoms with Gasteiger partial charge in [-0.2, -0.15) is 0 Å². The number of hydrogen-bond acceptors (Lipinski definition) is 6. The molecule has 0 radical (unpaired) electrons. The molecule has 2 amide bonds. The first-order valence-electron chi connectivity index (χ1n) is 13.7. The van der Waals surface area contributed by atoms with E-state index >= 15 is 0 Å². The van der Waals surface area contributed by atoms with Gasteiger partial charge in [0.05, 0.1) is 10.9 Å². The van der Waals surface area contributed by atoms with E-state index in [0.717, 1.165) is 35.1 Å². The average Bonchev–Trinajstić information content (AvgIpc) is 3.15. The highest BCUT2D eigenvalue weighted by Gasteiger charge is 2.45. The maximum Gasteiger partial charge on any atom is 0.286 e. The van der Waals surface area contributed by atoms with Gasteiger partial charge in [0, 0.05) is 17.6 Å². The number of carbonyl (C=O) groups excluding carboxylic acids is 2. The third-order valence-corrected chi connectivity index (χ3v) is 8.99. The van der Waals surface area contributed by atoms with Crippen LogP contribution >= 0.6 is 23.4 Å². The van der Waals surface area contributed by atoms with E-state index in [9.17, 15) is 9.59 Å². The maximum atomic E-state index is 11.9. The predicted octanol–water partition coefficient (Wildman–Crippen LogP) is 6.56. The lowest BCUT2D eigenvalue weighted by Crippen LogP contribution is -2.54. The van der Waals surface area contributed by atoms with Gasteiger partial charge in [0.15, 0.2) is 9.04 Å². The van der Waals surface area contributed by atoms with Gasteiger partial charge in [0.1, 0.15) is 12.4 Å². The summed E-state index contributed by atoms with van der Waals surface area (Å²) in [6, 6.07) is 16.0. The summed E-state index contributed by atoms with van der Waals surface area (Å²) in [5, 5.41) is 6.21. The normalized spacial score (nSPS) is 18.4. The van der Waals surface area contributed by atoms with Gasteiger partial charge in [0.2, 0.25) is 5.91 Å². The van der Waals surface area contributed by atoms with Crippen molar-refractivity contribution in [2.45, 2.75) is 77.4 Å². The number of imide groups is 1. The van der Waals surface area contributed by atoms with Crippen molar-refractivity contribution < 1.29 is 18.8 Å². The number of hydrogen-bond donors (Lipinski definition) is 2. The second-order valence-corrected chi connectivity index (χ2v) is 15.9. The van der Waals surface area contributed by atoms with Crippen LogP contribution in [-0.2, 0) is 21.2 Å². The molecule has 1 aliphatic rings. The summed E-state index contributed by atoms with van der Waals surface area (Å²) in [5.41, 5.74) is 1.36. The van der Waals surface area contributed by atoms with Gasteiger partial charge in [-0.05, 0) is 72.7 Å². The van der Waals surface area contributed by atoms with E-state index in [1.165, 1.54) is 0 Å². The molecule has 0 aliphatic carbocycles. The van der Waals surface area contributed by atoms with Gasteiger partial charge in [0.25, 0.3) is 5.24 Å². The second kappa shape index (κ2) is 13.7. The summed E-state index contributed by atoms with van der Waals surface area (Å²) >= 11 is 7.49. The van der Waals surface area contributed by atoms with Crippen molar-refractivity contribution in [3.63, 3.8) is 0 Å². The number of carbonyl (C=O) groups is 2. The average molecular weight is 591 g/mol. The Balaban J connectivity index is 1.72. The van der Waals surface area contributed by atoms with Crippen LogP contribution in [0.5, 0.6) is 5.75 Å². The van der Waals surface area contributed by atoms with Crippen molar-refractivity contribution in [3.8, 4) is 5.75 Å². The Morgan fingerprint density at radius 1 is 1.10 bits per heavy atom. The molecule has 2 N–H and O–H groups in total. The van der Waals surface area contributed by atoms with Gasteiger partial charge in [-0.15, -0.1) is 0 Å². The molecule has 1 unspecified atom stereocenters. The van der Waals surface area contributed by atoms with Crippen molar-refractivity contribution in [2.24, 2.45) is 11.3 Å². The minimum absolute atomic E-state index is 0.118. The molecule has 39 heavy (non-hydrogen) atoms. The summed E-state index contributed by atoms with van der Waals surface area (Å²) in [7, 11) is -1.42. The molecule has 0 spiro atoms. The topological polar surface area (TPSA) is 76.7 Å². The van der Waals surface area contributed by atoms with Crippen LogP contribution in [0.3, 0.4) is 0 Å². The number of rotatable bonds is 13. The molecule has 0 bridgehead atoms. The van der Waals surface area contributed by atoms with E-state index in [2.05, 4.69) is 64.4 Å². The van der Waals surface area contributed by atoms with Crippen LogP contribution < -0.4 is 15.4 Å². The van der Waals surface area contributed by atoms with Crippen LogP contribution in [0.1, 0.15) is 52.2 Å². The first-order chi connectivity index (χ1) is 18.3. The van der Waals surface area contributed by atoms with E-state index in [1.54, 1.807) is 0 Å². The highest BCUT2D eigenvalue weighted by atomic mass is 35.5. The van der Waals surface area contributed by atoms with Gasteiger partial charge >= 0.3 is 0 Å². The molecule has 1 saturated heterocycles. The minimum Gasteiger partial charge on any atom is -0.492 e. The van der Waals surface area contributed by atoms with Crippen molar-refractivity contribution in [1.82, 2.24) is 10.6 Å². The van der Waals surface area contributed by atoms with Crippen LogP contribution in [0.15, 0.2) is 48.5 Å². The Hall–Kier alpha value is -1.84. The fourth-order valence-electron chi connectivity index (χ4n) is 4.96. The number of thioether (sulfide) groups is 1. The third-order valence-electron chi connectivity index (χ3n) is 6.90. The van der Waals surface area contributed by atoms with Crippen molar-refractivity contribution in [3.05, 3.63) is 64.7 Å². The zero-order valence-electron chi connectivity index (χ0n) is 24.2. The SMILES string of the molecule is CC(C)C[C@H](COc1ccc(CC2SC(=O)NC2=O)cc1)NC[C@](O[SiH](C)C)(c1cccc(Cl)c1)C(C)(C)C. The Kier molecular flexibility index (Phi) is 11.1. The number of amides is 2. The summed E-state index contributed by atoms with van der Waals surface area (Å²) in [6.45, 7) is 16.7. The smallest absolute Gasteiger partial charge is 0.286 e. The molecule has 2 aromatic rings.